The molecule has 0 amide bonds. The predicted molar refractivity (Wildman–Crippen MR) is 73.2 cm³/mol. The van der Waals surface area contributed by atoms with E-state index in [1.807, 2.05) is 39.0 Å². The SMILES string of the molecule is Cc1ccc(-n2cnnn2)cc1NCC(C)(C)CO. The van der Waals surface area contributed by atoms with Gasteiger partial charge < -0.3 is 10.4 Å². The number of nitrogens with one attached hydrogen (secondary N) is 1. The second-order valence-corrected chi connectivity index (χ2v) is 5.43. The number of benzene rings is 1. The Morgan fingerprint density at radius 2 is 2.16 bits per heavy atom. The summed E-state index contributed by atoms with van der Waals surface area (Å²) in [6, 6.07) is 5.98. The monoisotopic (exact) mass is 261 g/mol. The lowest BCUT2D eigenvalue weighted by Crippen LogP contribution is -2.27. The van der Waals surface area contributed by atoms with Gasteiger partial charge in [-0.2, -0.15) is 0 Å². The highest BCUT2D eigenvalue weighted by Crippen LogP contribution is 2.21. The molecule has 0 fully saturated rings. The van der Waals surface area contributed by atoms with Gasteiger partial charge in [0.15, 0.2) is 0 Å². The molecule has 1 heterocycles. The fourth-order valence-electron chi connectivity index (χ4n) is 1.61. The molecule has 0 unspecified atom stereocenters. The summed E-state index contributed by atoms with van der Waals surface area (Å²) in [5.41, 5.74) is 2.91. The third-order valence-electron chi connectivity index (χ3n) is 3.02. The van der Waals surface area contributed by atoms with Crippen LogP contribution in [-0.2, 0) is 0 Å². The molecule has 1 aromatic heterocycles. The van der Waals surface area contributed by atoms with Crippen LogP contribution in [0.3, 0.4) is 0 Å². The third kappa shape index (κ3) is 3.29. The molecule has 0 saturated heterocycles. The molecule has 6 heteroatoms. The first-order chi connectivity index (χ1) is 9.02. The zero-order valence-corrected chi connectivity index (χ0v) is 11.5. The van der Waals surface area contributed by atoms with E-state index in [9.17, 15) is 5.11 Å². The lowest BCUT2D eigenvalue weighted by Gasteiger charge is -2.23. The van der Waals surface area contributed by atoms with Gasteiger partial charge in [0.05, 0.1) is 5.69 Å². The first-order valence-electron chi connectivity index (χ1n) is 6.20. The van der Waals surface area contributed by atoms with E-state index in [0.29, 0.717) is 6.54 Å². The lowest BCUT2D eigenvalue weighted by molar-refractivity contribution is 0.171. The topological polar surface area (TPSA) is 75.9 Å². The van der Waals surface area contributed by atoms with Crippen molar-refractivity contribution in [3.8, 4) is 5.69 Å². The summed E-state index contributed by atoms with van der Waals surface area (Å²) in [5, 5.41) is 23.8. The van der Waals surface area contributed by atoms with Crippen LogP contribution in [-0.4, -0.2) is 38.5 Å². The minimum absolute atomic E-state index is 0.145. The van der Waals surface area contributed by atoms with Crippen LogP contribution in [0.1, 0.15) is 19.4 Å². The molecular formula is C13H19N5O. The number of hydrogen-bond acceptors (Lipinski definition) is 5. The zero-order valence-electron chi connectivity index (χ0n) is 11.5. The van der Waals surface area contributed by atoms with Crippen LogP contribution in [0, 0.1) is 12.3 Å². The predicted octanol–water partition coefficient (Wildman–Crippen LogP) is 1.40. The van der Waals surface area contributed by atoms with Crippen LogP contribution < -0.4 is 5.32 Å². The molecule has 0 radical (unpaired) electrons. The number of aryl methyl sites for hydroxylation is 1. The van der Waals surface area contributed by atoms with Gasteiger partial charge in [-0.3, -0.25) is 0 Å². The summed E-state index contributed by atoms with van der Waals surface area (Å²) < 4.78 is 1.61. The van der Waals surface area contributed by atoms with Gasteiger partial charge in [-0.15, -0.1) is 5.10 Å². The average Bonchev–Trinajstić information content (AvgIpc) is 2.92. The molecule has 0 saturated carbocycles. The summed E-state index contributed by atoms with van der Waals surface area (Å²) in [6.45, 7) is 6.91. The van der Waals surface area contributed by atoms with E-state index in [1.54, 1.807) is 11.0 Å². The Morgan fingerprint density at radius 1 is 1.37 bits per heavy atom. The Bertz CT molecular complexity index is 536. The maximum Gasteiger partial charge on any atom is 0.143 e. The molecule has 0 aliphatic rings. The normalized spacial score (nSPS) is 11.6. The van der Waals surface area contributed by atoms with Gasteiger partial charge in [0.2, 0.25) is 0 Å². The second kappa shape index (κ2) is 5.36. The van der Waals surface area contributed by atoms with Crippen LogP contribution >= 0.6 is 0 Å². The van der Waals surface area contributed by atoms with Crippen molar-refractivity contribution in [1.82, 2.24) is 20.2 Å². The first-order valence-corrected chi connectivity index (χ1v) is 6.20. The summed E-state index contributed by atoms with van der Waals surface area (Å²) >= 11 is 0. The highest BCUT2D eigenvalue weighted by Gasteiger charge is 2.16. The Morgan fingerprint density at radius 3 is 2.79 bits per heavy atom. The Labute approximate surface area is 112 Å². The number of aromatic nitrogens is 4. The highest BCUT2D eigenvalue weighted by molar-refractivity contribution is 5.56. The van der Waals surface area contributed by atoms with E-state index in [-0.39, 0.29) is 12.0 Å². The van der Waals surface area contributed by atoms with Crippen molar-refractivity contribution >= 4 is 5.69 Å². The van der Waals surface area contributed by atoms with E-state index in [2.05, 4.69) is 20.8 Å². The van der Waals surface area contributed by atoms with E-state index in [0.717, 1.165) is 16.9 Å². The number of hydrogen-bond donors (Lipinski definition) is 2. The molecule has 0 atom stereocenters. The maximum absolute atomic E-state index is 9.28. The quantitative estimate of drug-likeness (QED) is 0.851. The van der Waals surface area contributed by atoms with Crippen molar-refractivity contribution in [2.75, 3.05) is 18.5 Å². The zero-order chi connectivity index (χ0) is 13.9. The lowest BCUT2D eigenvalue weighted by atomic mass is 9.95. The number of anilines is 1. The number of aliphatic hydroxyl groups is 1. The standard InChI is InChI=1S/C13H19N5O/c1-10-4-5-11(18-9-15-16-17-18)6-12(10)14-7-13(2,3)8-19/h4-6,9,14,19H,7-8H2,1-3H3. The van der Waals surface area contributed by atoms with Crippen LogP contribution in [0.4, 0.5) is 5.69 Å². The van der Waals surface area contributed by atoms with E-state index in [1.165, 1.54) is 0 Å². The third-order valence-corrected chi connectivity index (χ3v) is 3.02. The summed E-state index contributed by atoms with van der Waals surface area (Å²) in [7, 11) is 0. The molecule has 0 bridgehead atoms. The molecule has 2 aromatic rings. The number of rotatable bonds is 5. The number of tetrazole rings is 1. The fourth-order valence-corrected chi connectivity index (χ4v) is 1.61. The summed E-state index contributed by atoms with van der Waals surface area (Å²) in [5.74, 6) is 0. The number of nitrogens with zero attached hydrogens (tertiary/aromatic N) is 4. The Kier molecular flexibility index (Phi) is 3.80. The minimum atomic E-state index is -0.156. The van der Waals surface area contributed by atoms with Crippen molar-refractivity contribution in [3.63, 3.8) is 0 Å². The maximum atomic E-state index is 9.28. The summed E-state index contributed by atoms with van der Waals surface area (Å²) in [6.07, 6.45) is 1.56. The van der Waals surface area contributed by atoms with Gasteiger partial charge in [0.1, 0.15) is 6.33 Å². The second-order valence-electron chi connectivity index (χ2n) is 5.43. The molecule has 2 N–H and O–H groups in total. The van der Waals surface area contributed by atoms with E-state index in [4.69, 9.17) is 0 Å². The van der Waals surface area contributed by atoms with E-state index < -0.39 is 0 Å². The largest absolute Gasteiger partial charge is 0.396 e. The smallest absolute Gasteiger partial charge is 0.143 e. The molecule has 0 aliphatic carbocycles. The van der Waals surface area contributed by atoms with Crippen LogP contribution in [0.2, 0.25) is 0 Å². The van der Waals surface area contributed by atoms with Gasteiger partial charge >= 0.3 is 0 Å². The average molecular weight is 261 g/mol. The van der Waals surface area contributed by atoms with E-state index >= 15 is 0 Å². The molecule has 102 valence electrons. The van der Waals surface area contributed by atoms with Crippen molar-refractivity contribution in [2.45, 2.75) is 20.8 Å². The molecular weight excluding hydrogens is 242 g/mol. The van der Waals surface area contributed by atoms with Crippen LogP contribution in [0.5, 0.6) is 0 Å². The molecule has 1 aromatic carbocycles. The van der Waals surface area contributed by atoms with Gasteiger partial charge in [0, 0.05) is 24.3 Å². The van der Waals surface area contributed by atoms with Crippen molar-refractivity contribution in [2.24, 2.45) is 5.41 Å². The molecule has 0 aliphatic heterocycles. The van der Waals surface area contributed by atoms with Crippen LogP contribution in [0.25, 0.3) is 5.69 Å². The van der Waals surface area contributed by atoms with Gasteiger partial charge in [-0.05, 0) is 35.0 Å². The fraction of sp³-hybridized carbons (Fsp3) is 0.462. The van der Waals surface area contributed by atoms with Gasteiger partial charge in [-0.25, -0.2) is 4.68 Å². The van der Waals surface area contributed by atoms with Crippen molar-refractivity contribution in [3.05, 3.63) is 30.1 Å². The molecule has 0 spiro atoms. The highest BCUT2D eigenvalue weighted by atomic mass is 16.3. The van der Waals surface area contributed by atoms with Crippen molar-refractivity contribution in [1.29, 1.82) is 0 Å². The Hall–Kier alpha value is -1.95. The van der Waals surface area contributed by atoms with Gasteiger partial charge in [0.25, 0.3) is 0 Å². The Balaban J connectivity index is 2.19. The molecule has 19 heavy (non-hydrogen) atoms. The first kappa shape index (κ1) is 13.5. The minimum Gasteiger partial charge on any atom is -0.396 e. The van der Waals surface area contributed by atoms with Gasteiger partial charge in [-0.1, -0.05) is 19.9 Å². The molecule has 6 nitrogen and oxygen atoms in total. The summed E-state index contributed by atoms with van der Waals surface area (Å²) in [4.78, 5) is 0. The van der Waals surface area contributed by atoms with Crippen LogP contribution in [0.15, 0.2) is 24.5 Å². The van der Waals surface area contributed by atoms with Crippen molar-refractivity contribution < 1.29 is 5.11 Å². The number of aliphatic hydroxyl groups excluding tert-OH is 1. The molecule has 2 rings (SSSR count).